The van der Waals surface area contributed by atoms with Crippen LogP contribution in [-0.2, 0) is 9.53 Å². The summed E-state index contributed by atoms with van der Waals surface area (Å²) in [5.41, 5.74) is 0. The number of carbonyl (C=O) groups excluding carboxylic acids is 1. The van der Waals surface area contributed by atoms with Gasteiger partial charge in [0.1, 0.15) is 11.9 Å². The second kappa shape index (κ2) is 7.36. The van der Waals surface area contributed by atoms with E-state index in [1.807, 2.05) is 0 Å². The van der Waals surface area contributed by atoms with Crippen molar-refractivity contribution in [3.05, 3.63) is 29.8 Å². The van der Waals surface area contributed by atoms with Gasteiger partial charge in [-0.05, 0) is 25.5 Å². The molecule has 0 radical (unpaired) electrons. The Morgan fingerprint density at radius 1 is 1.38 bits per heavy atom. The van der Waals surface area contributed by atoms with Crippen LogP contribution in [0.15, 0.2) is 18.2 Å². The fraction of sp³-hybridized carbons (Fsp3) is 0.533. The number of nitrogens with one attached hydrogen (secondary N) is 1. The number of hydrogen-bond donors (Lipinski definition) is 1. The molecular weight excluding hydrogens is 280 g/mol. The van der Waals surface area contributed by atoms with Gasteiger partial charge >= 0.3 is 5.97 Å². The maximum atomic E-state index is 13.1. The first-order chi connectivity index (χ1) is 10.1. The quantitative estimate of drug-likeness (QED) is 0.820. The summed E-state index contributed by atoms with van der Waals surface area (Å²) in [5.74, 6) is -1.70. The molecule has 116 valence electrons. The Morgan fingerprint density at radius 2 is 2.19 bits per heavy atom. The number of rotatable bonds is 6. The smallest absolute Gasteiger partial charge is 0.305 e. The van der Waals surface area contributed by atoms with Crippen LogP contribution < -0.4 is 10.1 Å². The Hall–Kier alpha value is -1.69. The van der Waals surface area contributed by atoms with Gasteiger partial charge in [-0.15, -0.1) is 0 Å². The molecule has 21 heavy (non-hydrogen) atoms. The average molecular weight is 299 g/mol. The number of esters is 1. The molecule has 1 heterocycles. The monoisotopic (exact) mass is 299 g/mol. The van der Waals surface area contributed by atoms with E-state index in [4.69, 9.17) is 9.47 Å². The number of carbonyl (C=O) groups is 1. The van der Waals surface area contributed by atoms with Crippen molar-refractivity contribution >= 4 is 5.97 Å². The lowest BCUT2D eigenvalue weighted by molar-refractivity contribution is -0.143. The van der Waals surface area contributed by atoms with Crippen molar-refractivity contribution in [2.75, 3.05) is 13.2 Å². The Bertz CT molecular complexity index is 496. The standard InChI is InChI=1S/C15H19F2NO3/c1-2-20-15(19)6-3-10-7-12(9-18-10)21-11-4-5-13(16)14(17)8-11/h4-5,8,10,12,18H,2-3,6-7,9H2,1H3/t10-,12+/m1/s1. The van der Waals surface area contributed by atoms with Gasteiger partial charge < -0.3 is 14.8 Å². The lowest BCUT2D eigenvalue weighted by Crippen LogP contribution is -2.23. The third-order valence-corrected chi connectivity index (χ3v) is 3.38. The molecule has 4 nitrogen and oxygen atoms in total. The van der Waals surface area contributed by atoms with Crippen molar-refractivity contribution in [1.29, 1.82) is 0 Å². The lowest BCUT2D eigenvalue weighted by atomic mass is 10.1. The summed E-state index contributed by atoms with van der Waals surface area (Å²) < 4.78 is 36.4. The fourth-order valence-corrected chi connectivity index (χ4v) is 2.36. The van der Waals surface area contributed by atoms with Crippen LogP contribution in [0.4, 0.5) is 8.78 Å². The Labute approximate surface area is 122 Å². The molecule has 0 aromatic heterocycles. The minimum absolute atomic E-state index is 0.109. The van der Waals surface area contributed by atoms with E-state index < -0.39 is 11.6 Å². The van der Waals surface area contributed by atoms with E-state index in [2.05, 4.69) is 5.32 Å². The van der Waals surface area contributed by atoms with E-state index in [0.29, 0.717) is 31.7 Å². The number of benzene rings is 1. The van der Waals surface area contributed by atoms with Crippen LogP contribution in [0, 0.1) is 11.6 Å². The number of halogens is 2. The van der Waals surface area contributed by atoms with Crippen LogP contribution in [0.25, 0.3) is 0 Å². The maximum absolute atomic E-state index is 13.1. The lowest BCUT2D eigenvalue weighted by Gasteiger charge is -2.13. The summed E-state index contributed by atoms with van der Waals surface area (Å²) in [6.45, 7) is 2.78. The largest absolute Gasteiger partial charge is 0.489 e. The van der Waals surface area contributed by atoms with Gasteiger partial charge in [0, 0.05) is 31.5 Å². The SMILES string of the molecule is CCOC(=O)CC[C@@H]1C[C@H](Oc2ccc(F)c(F)c2)CN1. The first kappa shape index (κ1) is 15.7. The molecule has 0 amide bonds. The molecule has 1 saturated heterocycles. The fourth-order valence-electron chi connectivity index (χ4n) is 2.36. The van der Waals surface area contributed by atoms with Crippen molar-refractivity contribution in [3.8, 4) is 5.75 Å². The molecule has 1 fully saturated rings. The molecule has 0 spiro atoms. The highest BCUT2D eigenvalue weighted by Gasteiger charge is 2.26. The molecule has 1 aliphatic heterocycles. The van der Waals surface area contributed by atoms with Crippen molar-refractivity contribution in [1.82, 2.24) is 5.32 Å². The molecule has 1 aromatic rings. The van der Waals surface area contributed by atoms with Crippen molar-refractivity contribution < 1.29 is 23.0 Å². The third-order valence-electron chi connectivity index (χ3n) is 3.38. The highest BCUT2D eigenvalue weighted by molar-refractivity contribution is 5.69. The second-order valence-electron chi connectivity index (χ2n) is 5.00. The summed E-state index contributed by atoms with van der Waals surface area (Å²) in [4.78, 5) is 11.3. The maximum Gasteiger partial charge on any atom is 0.305 e. The van der Waals surface area contributed by atoms with Crippen LogP contribution in [0.2, 0.25) is 0 Å². The molecular formula is C15H19F2NO3. The number of hydrogen-bond acceptors (Lipinski definition) is 4. The van der Waals surface area contributed by atoms with Gasteiger partial charge in [0.05, 0.1) is 6.61 Å². The minimum Gasteiger partial charge on any atom is -0.489 e. The molecule has 0 unspecified atom stereocenters. The Kier molecular flexibility index (Phi) is 5.50. The van der Waals surface area contributed by atoms with Gasteiger partial charge in [0.2, 0.25) is 0 Å². The zero-order chi connectivity index (χ0) is 15.2. The molecule has 0 saturated carbocycles. The van der Waals surface area contributed by atoms with Crippen molar-refractivity contribution in [2.24, 2.45) is 0 Å². The van der Waals surface area contributed by atoms with Crippen LogP contribution in [0.3, 0.4) is 0 Å². The van der Waals surface area contributed by atoms with Gasteiger partial charge in [0.25, 0.3) is 0 Å². The van der Waals surface area contributed by atoms with Gasteiger partial charge in [0.15, 0.2) is 11.6 Å². The predicted molar refractivity (Wildman–Crippen MR) is 73.0 cm³/mol. The van der Waals surface area contributed by atoms with Gasteiger partial charge in [-0.1, -0.05) is 0 Å². The van der Waals surface area contributed by atoms with E-state index >= 15 is 0 Å². The van der Waals surface area contributed by atoms with Crippen LogP contribution >= 0.6 is 0 Å². The molecule has 1 aromatic carbocycles. The van der Waals surface area contributed by atoms with Gasteiger partial charge in [-0.25, -0.2) is 8.78 Å². The van der Waals surface area contributed by atoms with Crippen molar-refractivity contribution in [3.63, 3.8) is 0 Å². The van der Waals surface area contributed by atoms with Gasteiger partial charge in [-0.3, -0.25) is 4.79 Å². The Balaban J connectivity index is 1.77. The molecule has 2 atom stereocenters. The predicted octanol–water partition coefficient (Wildman–Crippen LogP) is 2.42. The van der Waals surface area contributed by atoms with E-state index in [0.717, 1.165) is 18.6 Å². The van der Waals surface area contributed by atoms with Crippen molar-refractivity contribution in [2.45, 2.75) is 38.3 Å². The topological polar surface area (TPSA) is 47.6 Å². The average Bonchev–Trinajstić information content (AvgIpc) is 2.89. The van der Waals surface area contributed by atoms with Gasteiger partial charge in [-0.2, -0.15) is 0 Å². The molecule has 0 bridgehead atoms. The summed E-state index contributed by atoms with van der Waals surface area (Å²) >= 11 is 0. The highest BCUT2D eigenvalue weighted by Crippen LogP contribution is 2.21. The Morgan fingerprint density at radius 3 is 2.90 bits per heavy atom. The second-order valence-corrected chi connectivity index (χ2v) is 5.00. The van der Waals surface area contributed by atoms with Crippen LogP contribution in [0.5, 0.6) is 5.75 Å². The molecule has 0 aliphatic carbocycles. The highest BCUT2D eigenvalue weighted by atomic mass is 19.2. The number of ether oxygens (including phenoxy) is 2. The van der Waals surface area contributed by atoms with E-state index in [-0.39, 0.29) is 18.1 Å². The van der Waals surface area contributed by atoms with Crippen LogP contribution in [-0.4, -0.2) is 31.3 Å². The molecule has 1 N–H and O–H groups in total. The zero-order valence-corrected chi connectivity index (χ0v) is 11.9. The zero-order valence-electron chi connectivity index (χ0n) is 11.9. The van der Waals surface area contributed by atoms with E-state index in [1.54, 1.807) is 6.92 Å². The summed E-state index contributed by atoms with van der Waals surface area (Å²) in [7, 11) is 0. The first-order valence-corrected chi connectivity index (χ1v) is 7.09. The summed E-state index contributed by atoms with van der Waals surface area (Å²) in [6.07, 6.45) is 1.65. The van der Waals surface area contributed by atoms with E-state index in [9.17, 15) is 13.6 Å². The summed E-state index contributed by atoms with van der Waals surface area (Å²) in [5, 5.41) is 3.25. The first-order valence-electron chi connectivity index (χ1n) is 7.09. The van der Waals surface area contributed by atoms with Crippen LogP contribution in [0.1, 0.15) is 26.2 Å². The summed E-state index contributed by atoms with van der Waals surface area (Å²) in [6, 6.07) is 3.67. The molecule has 1 aliphatic rings. The molecule has 6 heteroatoms. The van der Waals surface area contributed by atoms with E-state index in [1.165, 1.54) is 6.07 Å². The molecule has 2 rings (SSSR count). The minimum atomic E-state index is -0.919. The third kappa shape index (κ3) is 4.67. The normalized spacial score (nSPS) is 21.3.